The fourth-order valence-electron chi connectivity index (χ4n) is 4.66. The number of imidazole rings is 1. The molecular weight excluding hydrogens is 485 g/mol. The second-order valence-electron chi connectivity index (χ2n) is 9.06. The summed E-state index contributed by atoms with van der Waals surface area (Å²) in [6.45, 7) is 3.52. The first-order chi connectivity index (χ1) is 16.1. The molecule has 0 saturated carbocycles. The Bertz CT molecular complexity index is 1120. The molecule has 0 aromatic carbocycles. The van der Waals surface area contributed by atoms with Gasteiger partial charge in [-0.1, -0.05) is 18.5 Å². The standard InChI is InChI=1S/C22H29ClFN5O4S/c1-14-13-29(34(32,33)11-7-19(31)28-8-4-16(30)5-9-28)10-6-17(14)20-21(23)27-22(26-20)18-3-2-15(24)12-25-18/h2-3,12,14,16-17,30H,4-11,13H2,1H3,(H,26,27)/t14-,17+/m0/s1. The van der Waals surface area contributed by atoms with Gasteiger partial charge in [0.15, 0.2) is 11.0 Å². The number of sulfonamides is 1. The highest BCUT2D eigenvalue weighted by Gasteiger charge is 2.36. The molecule has 2 fully saturated rings. The number of carbonyl (C=O) groups is 1. The lowest BCUT2D eigenvalue weighted by molar-refractivity contribution is -0.132. The molecule has 4 rings (SSSR count). The number of likely N-dealkylation sites (tertiary alicyclic amines) is 1. The van der Waals surface area contributed by atoms with Gasteiger partial charge in [0.1, 0.15) is 11.5 Å². The topological polar surface area (TPSA) is 119 Å². The lowest BCUT2D eigenvalue weighted by atomic mass is 9.86. The number of aromatic amines is 1. The average molecular weight is 514 g/mol. The van der Waals surface area contributed by atoms with Gasteiger partial charge >= 0.3 is 0 Å². The summed E-state index contributed by atoms with van der Waals surface area (Å²) in [5.41, 5.74) is 1.19. The number of halogens is 2. The summed E-state index contributed by atoms with van der Waals surface area (Å²) < 4.78 is 40.5. The Hall–Kier alpha value is -2.08. The molecule has 186 valence electrons. The number of hydrogen-bond donors (Lipinski definition) is 2. The summed E-state index contributed by atoms with van der Waals surface area (Å²) >= 11 is 6.38. The smallest absolute Gasteiger partial charge is 0.223 e. The number of nitrogens with zero attached hydrogens (tertiary/aromatic N) is 4. The van der Waals surface area contributed by atoms with Crippen LogP contribution in [-0.4, -0.2) is 81.6 Å². The summed E-state index contributed by atoms with van der Waals surface area (Å²) in [4.78, 5) is 25.6. The second-order valence-corrected chi connectivity index (χ2v) is 11.5. The minimum Gasteiger partial charge on any atom is -0.393 e. The van der Waals surface area contributed by atoms with Crippen molar-refractivity contribution in [3.05, 3.63) is 35.0 Å². The molecule has 12 heteroatoms. The number of rotatable bonds is 6. The van der Waals surface area contributed by atoms with Gasteiger partial charge in [-0.05, 0) is 37.3 Å². The van der Waals surface area contributed by atoms with Crippen molar-refractivity contribution in [3.63, 3.8) is 0 Å². The van der Waals surface area contributed by atoms with Crippen LogP contribution in [-0.2, 0) is 14.8 Å². The monoisotopic (exact) mass is 513 g/mol. The lowest BCUT2D eigenvalue weighted by Gasteiger charge is -2.36. The first-order valence-electron chi connectivity index (χ1n) is 11.4. The van der Waals surface area contributed by atoms with Crippen LogP contribution in [0.15, 0.2) is 18.3 Å². The largest absolute Gasteiger partial charge is 0.393 e. The molecule has 2 atom stereocenters. The van der Waals surface area contributed by atoms with E-state index in [2.05, 4.69) is 15.0 Å². The first kappa shape index (κ1) is 25.0. The fraction of sp³-hybridized carbons (Fsp3) is 0.591. The van der Waals surface area contributed by atoms with Crippen molar-refractivity contribution in [2.24, 2.45) is 5.92 Å². The Balaban J connectivity index is 1.36. The highest BCUT2D eigenvalue weighted by atomic mass is 35.5. The summed E-state index contributed by atoms with van der Waals surface area (Å²) in [5.74, 6) is -0.485. The Morgan fingerprint density at radius 2 is 2.00 bits per heavy atom. The summed E-state index contributed by atoms with van der Waals surface area (Å²) in [6, 6.07) is 2.81. The molecule has 0 unspecified atom stereocenters. The molecular formula is C22H29ClFN5O4S. The molecule has 0 radical (unpaired) electrons. The van der Waals surface area contributed by atoms with Gasteiger partial charge in [-0.2, -0.15) is 0 Å². The molecule has 1 amide bonds. The van der Waals surface area contributed by atoms with Crippen LogP contribution in [0.1, 0.15) is 44.2 Å². The van der Waals surface area contributed by atoms with Crippen molar-refractivity contribution < 1.29 is 22.7 Å². The molecule has 4 heterocycles. The van der Waals surface area contributed by atoms with Crippen LogP contribution in [0.5, 0.6) is 0 Å². The van der Waals surface area contributed by atoms with Crippen molar-refractivity contribution in [2.45, 2.75) is 44.6 Å². The Morgan fingerprint density at radius 3 is 2.65 bits per heavy atom. The first-order valence-corrected chi connectivity index (χ1v) is 13.4. The summed E-state index contributed by atoms with van der Waals surface area (Å²) in [6.07, 6.45) is 2.26. The van der Waals surface area contributed by atoms with E-state index < -0.39 is 15.8 Å². The number of carbonyl (C=O) groups excluding carboxylic acids is 1. The molecule has 2 aliphatic rings. The Kier molecular flexibility index (Phi) is 7.56. The van der Waals surface area contributed by atoms with E-state index in [0.29, 0.717) is 62.1 Å². The molecule has 2 saturated heterocycles. The molecule has 0 spiro atoms. The zero-order valence-electron chi connectivity index (χ0n) is 19.0. The van der Waals surface area contributed by atoms with Crippen LogP contribution in [0.3, 0.4) is 0 Å². The third-order valence-electron chi connectivity index (χ3n) is 6.68. The molecule has 0 bridgehead atoms. The van der Waals surface area contributed by atoms with Crippen LogP contribution in [0.2, 0.25) is 5.15 Å². The zero-order chi connectivity index (χ0) is 24.5. The average Bonchev–Trinajstić information content (AvgIpc) is 3.19. The van der Waals surface area contributed by atoms with Gasteiger partial charge in [0.2, 0.25) is 15.9 Å². The number of aromatic nitrogens is 3. The minimum atomic E-state index is -3.59. The lowest BCUT2D eigenvalue weighted by Crippen LogP contribution is -2.45. The number of pyridine rings is 1. The number of aliphatic hydroxyl groups excluding tert-OH is 1. The fourth-order valence-corrected chi connectivity index (χ4v) is 6.46. The van der Waals surface area contributed by atoms with E-state index in [1.165, 1.54) is 16.4 Å². The number of hydrogen-bond acceptors (Lipinski definition) is 6. The van der Waals surface area contributed by atoms with E-state index >= 15 is 0 Å². The predicted octanol–water partition coefficient (Wildman–Crippen LogP) is 2.39. The third kappa shape index (κ3) is 5.59. The van der Waals surface area contributed by atoms with E-state index in [9.17, 15) is 22.7 Å². The Labute approximate surface area is 203 Å². The van der Waals surface area contributed by atoms with Crippen LogP contribution >= 0.6 is 11.6 Å². The van der Waals surface area contributed by atoms with E-state index in [1.807, 2.05) is 6.92 Å². The summed E-state index contributed by atoms with van der Waals surface area (Å²) in [5, 5.41) is 9.88. The number of amides is 1. The Morgan fingerprint density at radius 1 is 1.26 bits per heavy atom. The molecule has 9 nitrogen and oxygen atoms in total. The van der Waals surface area contributed by atoms with Gasteiger partial charge in [-0.25, -0.2) is 27.1 Å². The van der Waals surface area contributed by atoms with E-state index in [4.69, 9.17) is 11.6 Å². The highest BCUT2D eigenvalue weighted by Crippen LogP contribution is 2.37. The van der Waals surface area contributed by atoms with E-state index in [1.54, 1.807) is 4.90 Å². The van der Waals surface area contributed by atoms with Crippen LogP contribution in [0, 0.1) is 11.7 Å². The summed E-state index contributed by atoms with van der Waals surface area (Å²) in [7, 11) is -3.59. The third-order valence-corrected chi connectivity index (χ3v) is 8.81. The van der Waals surface area contributed by atoms with Gasteiger partial charge in [-0.15, -0.1) is 0 Å². The number of H-pyrrole nitrogens is 1. The number of aliphatic hydroxyl groups is 1. The molecule has 34 heavy (non-hydrogen) atoms. The molecule has 2 aromatic heterocycles. The van der Waals surface area contributed by atoms with E-state index in [0.717, 1.165) is 11.9 Å². The maximum Gasteiger partial charge on any atom is 0.223 e. The van der Waals surface area contributed by atoms with Gasteiger partial charge in [0.25, 0.3) is 0 Å². The van der Waals surface area contributed by atoms with Crippen molar-refractivity contribution in [1.29, 1.82) is 0 Å². The number of nitrogens with one attached hydrogen (secondary N) is 1. The van der Waals surface area contributed by atoms with Crippen molar-refractivity contribution in [1.82, 2.24) is 24.2 Å². The minimum absolute atomic E-state index is 0.0259. The van der Waals surface area contributed by atoms with Crippen molar-refractivity contribution in [3.8, 4) is 11.5 Å². The predicted molar refractivity (Wildman–Crippen MR) is 125 cm³/mol. The molecule has 2 aliphatic heterocycles. The zero-order valence-corrected chi connectivity index (χ0v) is 20.5. The maximum absolute atomic E-state index is 13.2. The van der Waals surface area contributed by atoms with Crippen molar-refractivity contribution >= 4 is 27.5 Å². The highest BCUT2D eigenvalue weighted by molar-refractivity contribution is 7.89. The van der Waals surface area contributed by atoms with Gasteiger partial charge in [0, 0.05) is 38.5 Å². The van der Waals surface area contributed by atoms with E-state index in [-0.39, 0.29) is 36.0 Å². The number of piperidine rings is 2. The van der Waals surface area contributed by atoms with Crippen LogP contribution in [0.4, 0.5) is 4.39 Å². The maximum atomic E-state index is 13.2. The van der Waals surface area contributed by atoms with Gasteiger partial charge < -0.3 is 15.0 Å². The van der Waals surface area contributed by atoms with Gasteiger partial charge in [0.05, 0.1) is 23.7 Å². The molecule has 0 aliphatic carbocycles. The van der Waals surface area contributed by atoms with Crippen LogP contribution < -0.4 is 0 Å². The second kappa shape index (κ2) is 10.3. The quantitative estimate of drug-likeness (QED) is 0.612. The van der Waals surface area contributed by atoms with Crippen LogP contribution in [0.25, 0.3) is 11.5 Å². The normalized spacial score (nSPS) is 22.8. The van der Waals surface area contributed by atoms with Crippen molar-refractivity contribution in [2.75, 3.05) is 31.9 Å². The molecule has 2 aromatic rings. The SMILES string of the molecule is C[C@H]1CN(S(=O)(=O)CCC(=O)N2CCC(O)CC2)CC[C@H]1c1[nH]c(-c2ccc(F)cn2)nc1Cl. The van der Waals surface area contributed by atoms with Gasteiger partial charge in [-0.3, -0.25) is 4.79 Å². The molecule has 2 N–H and O–H groups in total.